The zero-order chi connectivity index (χ0) is 9.30. The predicted molar refractivity (Wildman–Crippen MR) is 40.3 cm³/mol. The quantitative estimate of drug-likeness (QED) is 0.569. The average Bonchev–Trinajstić information content (AvgIpc) is 1.97. The number of hydrogen-bond donors (Lipinski definition) is 0. The summed E-state index contributed by atoms with van der Waals surface area (Å²) in [6, 6.07) is 0. The van der Waals surface area contributed by atoms with Crippen LogP contribution in [0.3, 0.4) is 0 Å². The highest BCUT2D eigenvalue weighted by atomic mass is 16.6. The normalized spacial score (nSPS) is 27.8. The summed E-state index contributed by atoms with van der Waals surface area (Å²) in [5, 5.41) is 0. The second kappa shape index (κ2) is 3.13. The Kier molecular flexibility index (Phi) is 2.35. The molecule has 1 aliphatic rings. The maximum absolute atomic E-state index is 11.1. The molecular formula is C8H12O4. The summed E-state index contributed by atoms with van der Waals surface area (Å²) >= 11 is 0. The van der Waals surface area contributed by atoms with E-state index in [1.54, 1.807) is 20.8 Å². The third-order valence-corrected chi connectivity index (χ3v) is 1.65. The molecule has 4 nitrogen and oxygen atoms in total. The molecule has 1 heterocycles. The van der Waals surface area contributed by atoms with Crippen molar-refractivity contribution >= 4 is 11.9 Å². The van der Waals surface area contributed by atoms with Crippen molar-refractivity contribution < 1.29 is 19.1 Å². The van der Waals surface area contributed by atoms with Crippen LogP contribution < -0.4 is 0 Å². The summed E-state index contributed by atoms with van der Waals surface area (Å²) in [6.45, 7) is 5.16. The number of esters is 2. The summed E-state index contributed by atoms with van der Waals surface area (Å²) in [6.07, 6.45) is -0.844. The van der Waals surface area contributed by atoms with Crippen LogP contribution >= 0.6 is 0 Å². The standard InChI is InChI=1S/C8H12O4/c1-4(2)11-8(10)6-5(3)7(9)12-6/h4-6H,1-3H3/t5-,6-/m1/s1. The van der Waals surface area contributed by atoms with Crippen molar-refractivity contribution in [1.29, 1.82) is 0 Å². The van der Waals surface area contributed by atoms with E-state index < -0.39 is 12.1 Å². The van der Waals surface area contributed by atoms with Gasteiger partial charge in [0, 0.05) is 0 Å². The van der Waals surface area contributed by atoms with Gasteiger partial charge in [0.2, 0.25) is 6.10 Å². The smallest absolute Gasteiger partial charge is 0.348 e. The number of carbonyl (C=O) groups excluding carboxylic acids is 2. The topological polar surface area (TPSA) is 52.6 Å². The molecule has 1 fully saturated rings. The second-order valence-corrected chi connectivity index (χ2v) is 3.13. The van der Waals surface area contributed by atoms with Gasteiger partial charge in [-0.05, 0) is 20.8 Å². The molecule has 12 heavy (non-hydrogen) atoms. The van der Waals surface area contributed by atoms with Crippen LogP contribution in [-0.4, -0.2) is 24.1 Å². The monoisotopic (exact) mass is 172 g/mol. The lowest BCUT2D eigenvalue weighted by molar-refractivity contribution is -0.198. The van der Waals surface area contributed by atoms with E-state index in [0.29, 0.717) is 0 Å². The average molecular weight is 172 g/mol. The molecular weight excluding hydrogens is 160 g/mol. The maximum Gasteiger partial charge on any atom is 0.348 e. The lowest BCUT2D eigenvalue weighted by atomic mass is 10.00. The minimum absolute atomic E-state index is 0.163. The fourth-order valence-corrected chi connectivity index (χ4v) is 0.937. The molecule has 0 aromatic carbocycles. The second-order valence-electron chi connectivity index (χ2n) is 3.13. The summed E-state index contributed by atoms with van der Waals surface area (Å²) in [4.78, 5) is 21.7. The number of ether oxygens (including phenoxy) is 2. The van der Waals surface area contributed by atoms with Crippen LogP contribution in [0.5, 0.6) is 0 Å². The third kappa shape index (κ3) is 1.57. The summed E-state index contributed by atoms with van der Waals surface area (Å²) < 4.78 is 9.46. The summed E-state index contributed by atoms with van der Waals surface area (Å²) in [5.74, 6) is -1.13. The Balaban J connectivity index is 2.40. The summed E-state index contributed by atoms with van der Waals surface area (Å²) in [7, 11) is 0. The van der Waals surface area contributed by atoms with Crippen LogP contribution in [0.4, 0.5) is 0 Å². The lowest BCUT2D eigenvalue weighted by Crippen LogP contribution is -2.49. The van der Waals surface area contributed by atoms with E-state index in [1.165, 1.54) is 0 Å². The van der Waals surface area contributed by atoms with Crippen LogP contribution in [0.1, 0.15) is 20.8 Å². The van der Waals surface area contributed by atoms with E-state index in [0.717, 1.165) is 0 Å². The highest BCUT2D eigenvalue weighted by Gasteiger charge is 2.45. The Labute approximate surface area is 70.8 Å². The minimum atomic E-state index is -0.681. The molecule has 0 unspecified atom stereocenters. The van der Waals surface area contributed by atoms with E-state index in [-0.39, 0.29) is 18.0 Å². The molecule has 0 aliphatic carbocycles. The molecule has 1 rings (SSSR count). The Morgan fingerprint density at radius 1 is 1.58 bits per heavy atom. The molecule has 0 N–H and O–H groups in total. The molecule has 0 radical (unpaired) electrons. The molecule has 2 atom stereocenters. The largest absolute Gasteiger partial charge is 0.460 e. The van der Waals surface area contributed by atoms with Gasteiger partial charge in [-0.25, -0.2) is 4.79 Å². The number of hydrogen-bond acceptors (Lipinski definition) is 4. The number of cyclic esters (lactones) is 1. The van der Waals surface area contributed by atoms with E-state index in [1.807, 2.05) is 0 Å². The third-order valence-electron chi connectivity index (χ3n) is 1.65. The van der Waals surface area contributed by atoms with Crippen LogP contribution in [0, 0.1) is 5.92 Å². The van der Waals surface area contributed by atoms with Crippen LogP contribution in [0.2, 0.25) is 0 Å². The van der Waals surface area contributed by atoms with Crippen molar-refractivity contribution in [3.8, 4) is 0 Å². The molecule has 0 aromatic heterocycles. The molecule has 1 aliphatic heterocycles. The van der Waals surface area contributed by atoms with Crippen molar-refractivity contribution in [3.63, 3.8) is 0 Å². The first-order valence-corrected chi connectivity index (χ1v) is 3.93. The maximum atomic E-state index is 11.1. The fraction of sp³-hybridized carbons (Fsp3) is 0.750. The summed E-state index contributed by atoms with van der Waals surface area (Å²) in [5.41, 5.74) is 0. The lowest BCUT2D eigenvalue weighted by Gasteiger charge is -2.30. The van der Waals surface area contributed by atoms with Crippen molar-refractivity contribution in [3.05, 3.63) is 0 Å². The fourth-order valence-electron chi connectivity index (χ4n) is 0.937. The molecule has 0 aromatic rings. The van der Waals surface area contributed by atoms with Gasteiger partial charge in [-0.2, -0.15) is 0 Å². The Morgan fingerprint density at radius 3 is 2.50 bits per heavy atom. The first-order valence-electron chi connectivity index (χ1n) is 3.93. The van der Waals surface area contributed by atoms with Gasteiger partial charge in [0.1, 0.15) is 5.92 Å². The van der Waals surface area contributed by atoms with Gasteiger partial charge in [-0.3, -0.25) is 4.79 Å². The molecule has 68 valence electrons. The molecule has 4 heteroatoms. The van der Waals surface area contributed by atoms with Crippen molar-refractivity contribution in [2.45, 2.75) is 33.0 Å². The van der Waals surface area contributed by atoms with Crippen molar-refractivity contribution in [2.24, 2.45) is 5.92 Å². The molecule has 1 saturated heterocycles. The molecule has 0 bridgehead atoms. The number of rotatable bonds is 2. The predicted octanol–water partition coefficient (Wildman–Crippen LogP) is 0.499. The zero-order valence-electron chi connectivity index (χ0n) is 7.37. The van der Waals surface area contributed by atoms with Gasteiger partial charge in [0.15, 0.2) is 0 Å². The molecule has 0 spiro atoms. The van der Waals surface area contributed by atoms with E-state index in [2.05, 4.69) is 4.74 Å². The number of carbonyl (C=O) groups is 2. The van der Waals surface area contributed by atoms with Crippen LogP contribution in [0.15, 0.2) is 0 Å². The highest BCUT2D eigenvalue weighted by molar-refractivity contribution is 5.91. The van der Waals surface area contributed by atoms with Gasteiger partial charge >= 0.3 is 11.9 Å². The molecule has 0 amide bonds. The van der Waals surface area contributed by atoms with Gasteiger partial charge in [0.05, 0.1) is 6.10 Å². The molecule has 0 saturated carbocycles. The first-order chi connectivity index (χ1) is 5.52. The van der Waals surface area contributed by atoms with Crippen molar-refractivity contribution in [1.82, 2.24) is 0 Å². The Morgan fingerprint density at radius 2 is 2.17 bits per heavy atom. The van der Waals surface area contributed by atoms with Crippen LogP contribution in [-0.2, 0) is 19.1 Å². The SMILES string of the molecule is CC(C)OC(=O)[C@@H]1OC(=O)[C@@H]1C. The van der Waals surface area contributed by atoms with E-state index in [4.69, 9.17) is 4.74 Å². The van der Waals surface area contributed by atoms with Gasteiger partial charge in [0.25, 0.3) is 0 Å². The zero-order valence-corrected chi connectivity index (χ0v) is 7.37. The van der Waals surface area contributed by atoms with E-state index >= 15 is 0 Å². The highest BCUT2D eigenvalue weighted by Crippen LogP contribution is 2.22. The minimum Gasteiger partial charge on any atom is -0.460 e. The van der Waals surface area contributed by atoms with Gasteiger partial charge in [-0.1, -0.05) is 0 Å². The van der Waals surface area contributed by atoms with E-state index in [9.17, 15) is 9.59 Å². The van der Waals surface area contributed by atoms with Gasteiger partial charge in [-0.15, -0.1) is 0 Å². The Hall–Kier alpha value is -1.06. The van der Waals surface area contributed by atoms with Crippen molar-refractivity contribution in [2.75, 3.05) is 0 Å². The first kappa shape index (κ1) is 9.03. The Bertz CT molecular complexity index is 209. The van der Waals surface area contributed by atoms with Gasteiger partial charge < -0.3 is 9.47 Å². The van der Waals surface area contributed by atoms with Crippen LogP contribution in [0.25, 0.3) is 0 Å².